The van der Waals surface area contributed by atoms with Crippen LogP contribution in [-0.4, -0.2) is 56.7 Å². The Bertz CT molecular complexity index is 1090. The average molecular weight is 473 g/mol. The standard InChI is InChI=1S/C25H32N2O5S/c1-18(2)16-19-8-10-20(11-9-19)24(28)21-12-14-27(15-13-21)25(29)22-6-5-7-23(17-22)33(30,31)26(3)32-4/h5-11,17-18,21H,12-16H2,1-4H3. The Hall–Kier alpha value is -2.55. The summed E-state index contributed by atoms with van der Waals surface area (Å²) in [6, 6.07) is 13.8. The predicted molar refractivity (Wildman–Crippen MR) is 126 cm³/mol. The van der Waals surface area contributed by atoms with Crippen molar-refractivity contribution in [2.75, 3.05) is 27.2 Å². The van der Waals surface area contributed by atoms with E-state index in [-0.39, 0.29) is 22.5 Å². The lowest BCUT2D eigenvalue weighted by molar-refractivity contribution is -0.0258. The Balaban J connectivity index is 1.63. The lowest BCUT2D eigenvalue weighted by Gasteiger charge is -2.31. The highest BCUT2D eigenvalue weighted by Crippen LogP contribution is 2.24. The number of nitrogens with zero attached hydrogens (tertiary/aromatic N) is 2. The molecule has 0 aliphatic carbocycles. The maximum atomic E-state index is 13.0. The van der Waals surface area contributed by atoms with Crippen molar-refractivity contribution in [1.29, 1.82) is 0 Å². The Kier molecular flexibility index (Phi) is 8.05. The van der Waals surface area contributed by atoms with Crippen molar-refractivity contribution >= 4 is 21.7 Å². The summed E-state index contributed by atoms with van der Waals surface area (Å²) < 4.78 is 25.7. The summed E-state index contributed by atoms with van der Waals surface area (Å²) in [5.74, 6) is 0.326. The van der Waals surface area contributed by atoms with Crippen LogP contribution >= 0.6 is 0 Å². The average Bonchev–Trinajstić information content (AvgIpc) is 2.83. The minimum atomic E-state index is -3.84. The molecule has 0 radical (unpaired) electrons. The molecule has 178 valence electrons. The van der Waals surface area contributed by atoms with Gasteiger partial charge < -0.3 is 4.90 Å². The summed E-state index contributed by atoms with van der Waals surface area (Å²) in [7, 11) is -1.28. The number of sulfonamides is 1. The second-order valence-electron chi connectivity index (χ2n) is 8.85. The summed E-state index contributed by atoms with van der Waals surface area (Å²) in [6.07, 6.45) is 2.16. The first-order chi connectivity index (χ1) is 15.6. The van der Waals surface area contributed by atoms with Crippen molar-refractivity contribution in [2.45, 2.75) is 38.0 Å². The number of carbonyl (C=O) groups is 2. The lowest BCUT2D eigenvalue weighted by atomic mass is 9.88. The molecule has 0 unspecified atom stereocenters. The molecule has 0 spiro atoms. The number of rotatable bonds is 8. The van der Waals surface area contributed by atoms with E-state index in [1.54, 1.807) is 17.0 Å². The fraction of sp³-hybridized carbons (Fsp3) is 0.440. The molecule has 1 saturated heterocycles. The number of hydroxylamine groups is 1. The molecular weight excluding hydrogens is 440 g/mol. The number of hydrogen-bond acceptors (Lipinski definition) is 5. The van der Waals surface area contributed by atoms with Gasteiger partial charge in [0.25, 0.3) is 15.9 Å². The number of Topliss-reactive ketones (excluding diaryl/α,β-unsaturated/α-hetero) is 1. The molecule has 1 heterocycles. The normalized spacial score (nSPS) is 15.3. The van der Waals surface area contributed by atoms with Crippen LogP contribution in [0.4, 0.5) is 0 Å². The van der Waals surface area contributed by atoms with E-state index in [1.807, 2.05) is 24.3 Å². The molecule has 0 atom stereocenters. The van der Waals surface area contributed by atoms with Gasteiger partial charge in [-0.2, -0.15) is 0 Å². The Morgan fingerprint density at radius 3 is 2.27 bits per heavy atom. The van der Waals surface area contributed by atoms with Crippen molar-refractivity contribution in [1.82, 2.24) is 9.37 Å². The quantitative estimate of drug-likeness (QED) is 0.431. The van der Waals surface area contributed by atoms with Gasteiger partial charge in [-0.3, -0.25) is 14.4 Å². The maximum absolute atomic E-state index is 13.0. The summed E-state index contributed by atoms with van der Waals surface area (Å²) in [5.41, 5.74) is 2.24. The van der Waals surface area contributed by atoms with E-state index in [2.05, 4.69) is 13.8 Å². The number of amides is 1. The summed E-state index contributed by atoms with van der Waals surface area (Å²) in [6.45, 7) is 5.24. The summed E-state index contributed by atoms with van der Waals surface area (Å²) in [5, 5.41) is 0. The molecule has 0 bridgehead atoms. The molecule has 2 aromatic rings. The van der Waals surface area contributed by atoms with E-state index in [9.17, 15) is 18.0 Å². The third-order valence-electron chi connectivity index (χ3n) is 6.01. The van der Waals surface area contributed by atoms with Gasteiger partial charge in [0.05, 0.1) is 12.0 Å². The number of ketones is 1. The van der Waals surface area contributed by atoms with Crippen LogP contribution in [0.3, 0.4) is 0 Å². The van der Waals surface area contributed by atoms with E-state index < -0.39 is 10.0 Å². The molecule has 1 aliphatic rings. The van der Waals surface area contributed by atoms with Gasteiger partial charge in [0, 0.05) is 37.2 Å². The SMILES string of the molecule is CON(C)S(=O)(=O)c1cccc(C(=O)N2CCC(C(=O)c3ccc(CC(C)C)cc3)CC2)c1. The first-order valence-corrected chi connectivity index (χ1v) is 12.6. The summed E-state index contributed by atoms with van der Waals surface area (Å²) >= 11 is 0. The van der Waals surface area contributed by atoms with Crippen LogP contribution < -0.4 is 0 Å². The fourth-order valence-electron chi connectivity index (χ4n) is 4.08. The highest BCUT2D eigenvalue weighted by atomic mass is 32.2. The molecule has 3 rings (SSSR count). The molecular formula is C25H32N2O5S. The predicted octanol–water partition coefficient (Wildman–Crippen LogP) is 3.80. The van der Waals surface area contributed by atoms with Crippen molar-refractivity contribution in [3.8, 4) is 0 Å². The molecule has 7 nitrogen and oxygen atoms in total. The van der Waals surface area contributed by atoms with Crippen molar-refractivity contribution in [3.63, 3.8) is 0 Å². The largest absolute Gasteiger partial charge is 0.339 e. The molecule has 8 heteroatoms. The van der Waals surface area contributed by atoms with Crippen LogP contribution in [0, 0.1) is 11.8 Å². The van der Waals surface area contributed by atoms with Gasteiger partial charge in [0.2, 0.25) is 0 Å². The first kappa shape index (κ1) is 25.1. The monoisotopic (exact) mass is 472 g/mol. The molecule has 33 heavy (non-hydrogen) atoms. The Morgan fingerprint density at radius 1 is 1.06 bits per heavy atom. The van der Waals surface area contributed by atoms with E-state index in [1.165, 1.54) is 31.9 Å². The second-order valence-corrected chi connectivity index (χ2v) is 10.8. The fourth-order valence-corrected chi connectivity index (χ4v) is 5.10. The van der Waals surface area contributed by atoms with Gasteiger partial charge in [-0.05, 0) is 48.9 Å². The molecule has 1 amide bonds. The van der Waals surface area contributed by atoms with Crippen molar-refractivity contribution in [2.24, 2.45) is 11.8 Å². The van der Waals surface area contributed by atoms with Gasteiger partial charge in [-0.25, -0.2) is 8.42 Å². The number of hydrogen-bond donors (Lipinski definition) is 0. The number of carbonyl (C=O) groups excluding carboxylic acids is 2. The van der Waals surface area contributed by atoms with Gasteiger partial charge in [-0.15, -0.1) is 0 Å². The Morgan fingerprint density at radius 2 is 1.70 bits per heavy atom. The van der Waals surface area contributed by atoms with E-state index >= 15 is 0 Å². The molecule has 0 N–H and O–H groups in total. The van der Waals surface area contributed by atoms with Crippen LogP contribution in [-0.2, 0) is 21.3 Å². The molecule has 2 aromatic carbocycles. The minimum absolute atomic E-state index is 0.0105. The highest BCUT2D eigenvalue weighted by molar-refractivity contribution is 7.89. The molecule has 1 aliphatic heterocycles. The van der Waals surface area contributed by atoms with Crippen LogP contribution in [0.2, 0.25) is 0 Å². The van der Waals surface area contributed by atoms with Gasteiger partial charge in [-0.1, -0.05) is 48.6 Å². The zero-order chi connectivity index (χ0) is 24.2. The molecule has 1 fully saturated rings. The third-order valence-corrected chi connectivity index (χ3v) is 7.69. The number of piperidine rings is 1. The zero-order valence-corrected chi connectivity index (χ0v) is 20.5. The molecule has 0 aromatic heterocycles. The van der Waals surface area contributed by atoms with E-state index in [0.29, 0.717) is 43.0 Å². The molecule has 0 saturated carbocycles. The topological polar surface area (TPSA) is 84.0 Å². The van der Waals surface area contributed by atoms with E-state index in [0.717, 1.165) is 10.9 Å². The van der Waals surface area contributed by atoms with Crippen LogP contribution in [0.1, 0.15) is 53.0 Å². The van der Waals surface area contributed by atoms with Crippen LogP contribution in [0.5, 0.6) is 0 Å². The number of benzene rings is 2. The second kappa shape index (κ2) is 10.6. The van der Waals surface area contributed by atoms with Crippen molar-refractivity contribution in [3.05, 3.63) is 65.2 Å². The van der Waals surface area contributed by atoms with Crippen LogP contribution in [0.15, 0.2) is 53.4 Å². The zero-order valence-electron chi connectivity index (χ0n) is 19.7. The first-order valence-electron chi connectivity index (χ1n) is 11.2. The van der Waals surface area contributed by atoms with E-state index in [4.69, 9.17) is 4.84 Å². The van der Waals surface area contributed by atoms with Crippen molar-refractivity contribution < 1.29 is 22.8 Å². The summed E-state index contributed by atoms with van der Waals surface area (Å²) in [4.78, 5) is 32.4. The van der Waals surface area contributed by atoms with Gasteiger partial charge >= 0.3 is 0 Å². The van der Waals surface area contributed by atoms with Gasteiger partial charge in [0.15, 0.2) is 5.78 Å². The number of likely N-dealkylation sites (tertiary alicyclic amines) is 1. The third kappa shape index (κ3) is 5.88. The van der Waals surface area contributed by atoms with Gasteiger partial charge in [0.1, 0.15) is 0 Å². The minimum Gasteiger partial charge on any atom is -0.339 e. The lowest BCUT2D eigenvalue weighted by Crippen LogP contribution is -2.40. The Labute approximate surface area is 196 Å². The highest BCUT2D eigenvalue weighted by Gasteiger charge is 2.29. The maximum Gasteiger partial charge on any atom is 0.264 e. The van der Waals surface area contributed by atoms with Crippen LogP contribution in [0.25, 0.3) is 0 Å². The smallest absolute Gasteiger partial charge is 0.264 e.